The summed E-state index contributed by atoms with van der Waals surface area (Å²) in [7, 11) is 0. The maximum Gasteiger partial charge on any atom is 0.323 e. The van der Waals surface area contributed by atoms with Crippen LogP contribution in [-0.2, 0) is 9.59 Å². The van der Waals surface area contributed by atoms with E-state index >= 15 is 0 Å². The first-order valence-electron chi connectivity index (χ1n) is 8.05. The van der Waals surface area contributed by atoms with Crippen LogP contribution in [0, 0.1) is 0 Å². The fraction of sp³-hybridized carbons (Fsp3) is 0.529. The lowest BCUT2D eigenvalue weighted by atomic mass is 10.2. The average molecular weight is 370 g/mol. The van der Waals surface area contributed by atoms with Gasteiger partial charge in [-0.1, -0.05) is 19.1 Å². The Labute approximate surface area is 151 Å². The number of benzene rings is 1. The number of carbonyl (C=O) groups excluding carboxylic acids is 1. The molecule has 0 aromatic heterocycles. The average Bonchev–Trinajstić information content (AvgIpc) is 2.60. The van der Waals surface area contributed by atoms with E-state index in [4.69, 9.17) is 9.84 Å². The molecule has 1 aliphatic rings. The van der Waals surface area contributed by atoms with E-state index in [-0.39, 0.29) is 19.1 Å². The van der Waals surface area contributed by atoms with Gasteiger partial charge in [0.05, 0.1) is 4.58 Å². The molecule has 0 radical (unpaired) electrons. The van der Waals surface area contributed by atoms with Gasteiger partial charge in [0.2, 0.25) is 0 Å². The number of aliphatic carboxylic acids is 1. The Morgan fingerprint density at radius 3 is 2.50 bits per heavy atom. The number of amides is 1. The van der Waals surface area contributed by atoms with Crippen molar-refractivity contribution in [2.24, 2.45) is 0 Å². The Morgan fingerprint density at radius 2 is 1.92 bits per heavy atom. The number of hydrogen-bond acceptors (Lipinski definition) is 5. The summed E-state index contributed by atoms with van der Waals surface area (Å²) in [5.74, 6) is 1.71. The topological polar surface area (TPSA) is 66.8 Å². The zero-order valence-corrected chi connectivity index (χ0v) is 15.4. The third-order valence-corrected chi connectivity index (χ3v) is 6.53. The van der Waals surface area contributed by atoms with Crippen LogP contribution in [0.2, 0.25) is 0 Å². The van der Waals surface area contributed by atoms with Gasteiger partial charge in [0.25, 0.3) is 5.91 Å². The second-order valence-corrected chi connectivity index (χ2v) is 8.22. The van der Waals surface area contributed by atoms with Gasteiger partial charge in [-0.05, 0) is 42.0 Å². The van der Waals surface area contributed by atoms with Crippen molar-refractivity contribution in [3.63, 3.8) is 0 Å². The summed E-state index contributed by atoms with van der Waals surface area (Å²) in [4.78, 5) is 24.2. The van der Waals surface area contributed by atoms with Crippen molar-refractivity contribution >= 4 is 35.4 Å². The minimum Gasteiger partial charge on any atom is -0.484 e. The number of rotatable bonds is 8. The molecule has 0 atom stereocenters. The Kier molecular flexibility index (Phi) is 7.78. The number of hydrogen-bond donors (Lipinski definition) is 1. The predicted molar refractivity (Wildman–Crippen MR) is 98.7 cm³/mol. The van der Waals surface area contributed by atoms with Crippen molar-refractivity contribution in [3.8, 4) is 5.75 Å². The van der Waals surface area contributed by atoms with Gasteiger partial charge < -0.3 is 14.7 Å². The minimum atomic E-state index is -1.01. The molecule has 0 saturated carbocycles. The van der Waals surface area contributed by atoms with E-state index in [2.05, 4.69) is 0 Å². The molecule has 1 heterocycles. The molecule has 1 aromatic rings. The molecule has 24 heavy (non-hydrogen) atoms. The van der Waals surface area contributed by atoms with Crippen LogP contribution >= 0.6 is 23.5 Å². The molecule has 0 bridgehead atoms. The molecule has 1 amide bonds. The van der Waals surface area contributed by atoms with Gasteiger partial charge in [0.1, 0.15) is 12.3 Å². The van der Waals surface area contributed by atoms with Crippen LogP contribution in [0.25, 0.3) is 0 Å². The summed E-state index contributed by atoms with van der Waals surface area (Å²) < 4.78 is 6.00. The monoisotopic (exact) mass is 369 g/mol. The molecule has 1 aliphatic heterocycles. The zero-order chi connectivity index (χ0) is 17.4. The molecule has 1 aromatic carbocycles. The quantitative estimate of drug-likeness (QED) is 0.759. The number of carboxylic acid groups (broad SMARTS) is 1. The SMILES string of the molecule is CCCN(CC(=O)O)C(=O)COc1ccc(C2SCCCS2)cc1. The lowest BCUT2D eigenvalue weighted by Crippen LogP contribution is -2.39. The second kappa shape index (κ2) is 9.84. The Hall–Kier alpha value is -1.34. The lowest BCUT2D eigenvalue weighted by Gasteiger charge is -2.22. The van der Waals surface area contributed by atoms with E-state index in [1.165, 1.54) is 28.4 Å². The zero-order valence-electron chi connectivity index (χ0n) is 13.8. The lowest BCUT2D eigenvalue weighted by molar-refractivity contribution is -0.145. The first-order valence-corrected chi connectivity index (χ1v) is 10.2. The van der Waals surface area contributed by atoms with Crippen LogP contribution < -0.4 is 4.74 Å². The molecule has 1 saturated heterocycles. The molecule has 1 N–H and O–H groups in total. The van der Waals surface area contributed by atoms with Gasteiger partial charge in [-0.25, -0.2) is 0 Å². The molecular formula is C17H23NO4S2. The van der Waals surface area contributed by atoms with Gasteiger partial charge >= 0.3 is 5.97 Å². The molecule has 2 rings (SSSR count). The van der Waals surface area contributed by atoms with Gasteiger partial charge in [-0.2, -0.15) is 0 Å². The van der Waals surface area contributed by atoms with Crippen molar-refractivity contribution < 1.29 is 19.4 Å². The molecule has 7 heteroatoms. The van der Waals surface area contributed by atoms with Crippen LogP contribution in [0.15, 0.2) is 24.3 Å². The van der Waals surface area contributed by atoms with E-state index in [1.54, 1.807) is 0 Å². The minimum absolute atomic E-state index is 0.139. The molecule has 132 valence electrons. The van der Waals surface area contributed by atoms with Gasteiger partial charge in [-0.15, -0.1) is 23.5 Å². The van der Waals surface area contributed by atoms with Crippen LogP contribution in [0.4, 0.5) is 0 Å². The highest BCUT2D eigenvalue weighted by atomic mass is 32.2. The number of carboxylic acids is 1. The summed E-state index contributed by atoms with van der Waals surface area (Å²) in [5.41, 5.74) is 1.27. The standard InChI is InChI=1S/C17H23NO4S2/c1-2-8-18(11-16(20)21)15(19)12-22-14-6-4-13(5-7-14)17-23-9-3-10-24-17/h4-7,17H,2-3,8-12H2,1H3,(H,20,21). The smallest absolute Gasteiger partial charge is 0.323 e. The second-order valence-electron chi connectivity index (χ2n) is 5.49. The fourth-order valence-corrected chi connectivity index (χ4v) is 5.26. The van der Waals surface area contributed by atoms with E-state index in [0.717, 1.165) is 0 Å². The number of ether oxygens (including phenoxy) is 1. The van der Waals surface area contributed by atoms with Crippen LogP contribution in [0.3, 0.4) is 0 Å². The molecule has 5 nitrogen and oxygen atoms in total. The fourth-order valence-electron chi connectivity index (χ4n) is 2.36. The van der Waals surface area contributed by atoms with Gasteiger partial charge in [0.15, 0.2) is 6.61 Å². The first kappa shape index (κ1) is 19.0. The number of carbonyl (C=O) groups is 2. The highest BCUT2D eigenvalue weighted by Gasteiger charge is 2.18. The molecule has 0 unspecified atom stereocenters. The van der Waals surface area contributed by atoms with Crippen LogP contribution in [-0.4, -0.2) is 53.1 Å². The summed E-state index contributed by atoms with van der Waals surface area (Å²) in [6.07, 6.45) is 1.98. The summed E-state index contributed by atoms with van der Waals surface area (Å²) in [5, 5.41) is 8.86. The van der Waals surface area contributed by atoms with Crippen LogP contribution in [0.5, 0.6) is 5.75 Å². The highest BCUT2D eigenvalue weighted by molar-refractivity contribution is 8.16. The number of thioether (sulfide) groups is 2. The maximum absolute atomic E-state index is 12.1. The largest absolute Gasteiger partial charge is 0.484 e. The predicted octanol–water partition coefficient (Wildman–Crippen LogP) is 3.26. The maximum atomic E-state index is 12.1. The van der Waals surface area contributed by atoms with E-state index in [0.29, 0.717) is 23.3 Å². The Bertz CT molecular complexity index is 544. The van der Waals surface area contributed by atoms with Crippen molar-refractivity contribution in [2.75, 3.05) is 31.2 Å². The number of nitrogens with zero attached hydrogens (tertiary/aromatic N) is 1. The molecule has 1 fully saturated rings. The summed E-state index contributed by atoms with van der Waals surface area (Å²) in [6.45, 7) is 1.90. The van der Waals surface area contributed by atoms with E-state index in [1.807, 2.05) is 54.7 Å². The van der Waals surface area contributed by atoms with Crippen molar-refractivity contribution in [1.82, 2.24) is 4.90 Å². The van der Waals surface area contributed by atoms with Crippen LogP contribution in [0.1, 0.15) is 29.9 Å². The molecule has 0 aliphatic carbocycles. The molecular weight excluding hydrogens is 346 g/mol. The molecule has 0 spiro atoms. The van der Waals surface area contributed by atoms with Crippen molar-refractivity contribution in [2.45, 2.75) is 24.3 Å². The van der Waals surface area contributed by atoms with Gasteiger partial charge in [0, 0.05) is 6.54 Å². The Balaban J connectivity index is 1.86. The third-order valence-electron chi connectivity index (χ3n) is 3.51. The summed E-state index contributed by atoms with van der Waals surface area (Å²) >= 11 is 3.92. The first-order chi connectivity index (χ1) is 11.6. The van der Waals surface area contributed by atoms with E-state index < -0.39 is 5.97 Å². The third kappa shape index (κ3) is 5.94. The normalized spacial score (nSPS) is 15.0. The Morgan fingerprint density at radius 1 is 1.25 bits per heavy atom. The van der Waals surface area contributed by atoms with Crippen molar-refractivity contribution in [3.05, 3.63) is 29.8 Å². The van der Waals surface area contributed by atoms with Gasteiger partial charge in [-0.3, -0.25) is 9.59 Å². The summed E-state index contributed by atoms with van der Waals surface area (Å²) in [6, 6.07) is 7.83. The van der Waals surface area contributed by atoms with Crippen molar-refractivity contribution in [1.29, 1.82) is 0 Å². The highest BCUT2D eigenvalue weighted by Crippen LogP contribution is 2.43. The van der Waals surface area contributed by atoms with E-state index in [9.17, 15) is 9.59 Å².